The highest BCUT2D eigenvalue weighted by Crippen LogP contribution is 2.32. The van der Waals surface area contributed by atoms with Crippen molar-refractivity contribution in [1.29, 1.82) is 5.26 Å². The number of rotatable bonds is 7. The predicted molar refractivity (Wildman–Crippen MR) is 142 cm³/mol. The molecule has 0 bridgehead atoms. The average molecular weight is 563 g/mol. The summed E-state index contributed by atoms with van der Waals surface area (Å²) in [4.78, 5) is 31.5. The summed E-state index contributed by atoms with van der Waals surface area (Å²) < 4.78 is 41.8. The Bertz CT molecular complexity index is 1820. The van der Waals surface area contributed by atoms with Gasteiger partial charge >= 0.3 is 0 Å². The topological polar surface area (TPSA) is 160 Å². The SMILES string of the molecule is CN(Cc1nccn1-c1ccc2c(c1)CCN2C(=O)c1cc(C(N)=O)nn1-c1ccc(F)c(C#N)c1)S(C)(=O)=O. The number of benzene rings is 2. The monoisotopic (exact) mass is 562 g/mol. The number of nitrogens with zero attached hydrogens (tertiary/aromatic N) is 7. The zero-order valence-electron chi connectivity index (χ0n) is 21.4. The van der Waals surface area contributed by atoms with E-state index in [-0.39, 0.29) is 29.2 Å². The molecule has 0 unspecified atom stereocenters. The van der Waals surface area contributed by atoms with Gasteiger partial charge in [-0.25, -0.2) is 22.5 Å². The first-order valence-corrected chi connectivity index (χ1v) is 13.8. The molecule has 0 atom stereocenters. The highest BCUT2D eigenvalue weighted by molar-refractivity contribution is 7.88. The summed E-state index contributed by atoms with van der Waals surface area (Å²) in [5.74, 6) is -1.51. The van der Waals surface area contributed by atoms with E-state index in [0.717, 1.165) is 23.6 Å². The van der Waals surface area contributed by atoms with Crippen molar-refractivity contribution in [2.24, 2.45) is 5.73 Å². The van der Waals surface area contributed by atoms with Crippen LogP contribution in [0.5, 0.6) is 0 Å². The van der Waals surface area contributed by atoms with E-state index in [0.29, 0.717) is 24.5 Å². The molecule has 0 saturated heterocycles. The number of nitriles is 1. The Balaban J connectivity index is 1.48. The number of carbonyl (C=O) groups excluding carboxylic acids is 2. The minimum Gasteiger partial charge on any atom is -0.364 e. The van der Waals surface area contributed by atoms with Crippen LogP contribution in [0.15, 0.2) is 54.9 Å². The van der Waals surface area contributed by atoms with E-state index in [1.807, 2.05) is 6.07 Å². The maximum absolute atomic E-state index is 13.9. The first-order valence-electron chi connectivity index (χ1n) is 12.0. The fraction of sp³-hybridized carbons (Fsp3) is 0.192. The molecule has 0 aliphatic carbocycles. The van der Waals surface area contributed by atoms with Crippen LogP contribution in [-0.4, -0.2) is 63.7 Å². The molecule has 40 heavy (non-hydrogen) atoms. The number of nitrogens with two attached hydrogens (primary N) is 1. The zero-order valence-corrected chi connectivity index (χ0v) is 22.3. The van der Waals surface area contributed by atoms with Crippen molar-refractivity contribution in [2.45, 2.75) is 13.0 Å². The summed E-state index contributed by atoms with van der Waals surface area (Å²) in [6.45, 7) is 0.422. The van der Waals surface area contributed by atoms with Crippen molar-refractivity contribution >= 4 is 27.5 Å². The highest BCUT2D eigenvalue weighted by Gasteiger charge is 2.30. The Hall–Kier alpha value is -4.87. The molecule has 1 aliphatic rings. The second-order valence-electron chi connectivity index (χ2n) is 9.22. The van der Waals surface area contributed by atoms with Crippen LogP contribution in [0, 0.1) is 17.1 Å². The largest absolute Gasteiger partial charge is 0.364 e. The van der Waals surface area contributed by atoms with Crippen molar-refractivity contribution in [3.05, 3.63) is 89.0 Å². The number of primary amides is 1. The fourth-order valence-corrected chi connectivity index (χ4v) is 4.82. The number of fused-ring (bicyclic) bond motifs is 1. The summed E-state index contributed by atoms with van der Waals surface area (Å²) in [5.41, 5.74) is 7.52. The lowest BCUT2D eigenvalue weighted by molar-refractivity contribution is 0.0979. The molecule has 0 spiro atoms. The van der Waals surface area contributed by atoms with Gasteiger partial charge in [0.1, 0.15) is 23.4 Å². The van der Waals surface area contributed by atoms with Gasteiger partial charge in [-0.05, 0) is 48.4 Å². The lowest BCUT2D eigenvalue weighted by Crippen LogP contribution is -2.30. The van der Waals surface area contributed by atoms with E-state index in [4.69, 9.17) is 5.73 Å². The van der Waals surface area contributed by atoms with Crippen LogP contribution >= 0.6 is 0 Å². The molecule has 0 fully saturated rings. The highest BCUT2D eigenvalue weighted by atomic mass is 32.2. The van der Waals surface area contributed by atoms with Gasteiger partial charge in [-0.1, -0.05) is 0 Å². The van der Waals surface area contributed by atoms with Crippen LogP contribution in [0.25, 0.3) is 11.4 Å². The third-order valence-corrected chi connectivity index (χ3v) is 7.89. The van der Waals surface area contributed by atoms with E-state index in [9.17, 15) is 27.7 Å². The van der Waals surface area contributed by atoms with Crippen molar-refractivity contribution in [3.63, 3.8) is 0 Å². The van der Waals surface area contributed by atoms with Gasteiger partial charge in [0.2, 0.25) is 10.0 Å². The van der Waals surface area contributed by atoms with Gasteiger partial charge in [-0.15, -0.1) is 0 Å². The van der Waals surface area contributed by atoms with Crippen LogP contribution in [0.3, 0.4) is 0 Å². The molecule has 2 aromatic heterocycles. The van der Waals surface area contributed by atoms with Gasteiger partial charge in [0.15, 0.2) is 5.69 Å². The quantitative estimate of drug-likeness (QED) is 0.359. The van der Waals surface area contributed by atoms with E-state index in [1.54, 1.807) is 40.1 Å². The lowest BCUT2D eigenvalue weighted by Gasteiger charge is -2.19. The second kappa shape index (κ2) is 10.0. The molecule has 1 aliphatic heterocycles. The standard InChI is InChI=1S/C26H23FN8O4S/c1-32(40(2,38)39)15-24-30-8-10-33(24)18-4-6-22-16(11-18)7-9-34(22)26(37)23-13-21(25(29)36)31-35(23)19-3-5-20(27)17(12-19)14-28/h3-6,8,10-13H,7,9,15H2,1-2H3,(H2,29,36). The van der Waals surface area contributed by atoms with Gasteiger partial charge in [0.25, 0.3) is 11.8 Å². The first-order chi connectivity index (χ1) is 19.0. The van der Waals surface area contributed by atoms with Crippen LogP contribution in [0.1, 0.15) is 37.9 Å². The Labute approximate surface area is 228 Å². The van der Waals surface area contributed by atoms with Gasteiger partial charge in [-0.3, -0.25) is 9.59 Å². The van der Waals surface area contributed by atoms with Crippen LogP contribution in [-0.2, 0) is 23.0 Å². The molecule has 0 radical (unpaired) electrons. The number of hydrogen-bond acceptors (Lipinski definition) is 7. The maximum atomic E-state index is 13.9. The second-order valence-corrected chi connectivity index (χ2v) is 11.3. The smallest absolute Gasteiger partial charge is 0.277 e. The molecular weight excluding hydrogens is 539 g/mol. The number of carbonyl (C=O) groups is 2. The van der Waals surface area contributed by atoms with E-state index in [1.165, 1.54) is 34.2 Å². The number of sulfonamides is 1. The molecule has 0 saturated carbocycles. The number of amides is 2. The number of anilines is 1. The summed E-state index contributed by atoms with van der Waals surface area (Å²) in [5, 5.41) is 13.4. The first kappa shape index (κ1) is 26.7. The van der Waals surface area contributed by atoms with E-state index >= 15 is 0 Å². The van der Waals surface area contributed by atoms with Crippen LogP contribution in [0.2, 0.25) is 0 Å². The minimum absolute atomic E-state index is 0.0157. The summed E-state index contributed by atoms with van der Waals surface area (Å²) >= 11 is 0. The number of halogens is 1. The molecule has 5 rings (SSSR count). The zero-order chi connectivity index (χ0) is 28.8. The number of imidazole rings is 1. The molecule has 4 aromatic rings. The van der Waals surface area contributed by atoms with Crippen molar-refractivity contribution in [3.8, 4) is 17.4 Å². The maximum Gasteiger partial charge on any atom is 0.277 e. The number of hydrogen-bond donors (Lipinski definition) is 1. The van der Waals surface area contributed by atoms with Crippen LogP contribution < -0.4 is 10.6 Å². The summed E-state index contributed by atoms with van der Waals surface area (Å²) in [7, 11) is -1.92. The Morgan fingerprint density at radius 1 is 1.18 bits per heavy atom. The minimum atomic E-state index is -3.40. The van der Waals surface area contributed by atoms with E-state index < -0.39 is 27.7 Å². The van der Waals surface area contributed by atoms with E-state index in [2.05, 4.69) is 10.1 Å². The van der Waals surface area contributed by atoms with Gasteiger partial charge in [-0.2, -0.15) is 14.7 Å². The van der Waals surface area contributed by atoms with Gasteiger partial charge < -0.3 is 15.2 Å². The van der Waals surface area contributed by atoms with Gasteiger partial charge in [0, 0.05) is 43.4 Å². The summed E-state index contributed by atoms with van der Waals surface area (Å²) in [6, 6.07) is 12.2. The summed E-state index contributed by atoms with van der Waals surface area (Å²) in [6.07, 6.45) is 4.97. The van der Waals surface area contributed by atoms with Gasteiger partial charge in [0.05, 0.1) is 24.1 Å². The number of aromatic nitrogens is 4. The molecule has 12 nitrogen and oxygen atoms in total. The molecule has 2 amide bonds. The van der Waals surface area contributed by atoms with Crippen molar-refractivity contribution < 1.29 is 22.4 Å². The molecule has 14 heteroatoms. The molecule has 3 heterocycles. The fourth-order valence-electron chi connectivity index (χ4n) is 4.47. The lowest BCUT2D eigenvalue weighted by atomic mass is 10.1. The third kappa shape index (κ3) is 4.83. The Morgan fingerprint density at radius 3 is 2.62 bits per heavy atom. The molecule has 2 N–H and O–H groups in total. The average Bonchev–Trinajstić information content (AvgIpc) is 3.66. The van der Waals surface area contributed by atoms with Crippen molar-refractivity contribution in [1.82, 2.24) is 23.6 Å². The molecule has 204 valence electrons. The normalized spacial score (nSPS) is 12.9. The Morgan fingerprint density at radius 2 is 1.93 bits per heavy atom. The predicted octanol–water partition coefficient (Wildman–Crippen LogP) is 1.76. The Kier molecular flexibility index (Phi) is 6.70. The van der Waals surface area contributed by atoms with Crippen molar-refractivity contribution in [2.75, 3.05) is 24.7 Å². The third-order valence-electron chi connectivity index (χ3n) is 6.63. The van der Waals surface area contributed by atoms with Crippen LogP contribution in [0.4, 0.5) is 10.1 Å². The molecular formula is C26H23FN8O4S. The molecule has 2 aromatic carbocycles.